The van der Waals surface area contributed by atoms with Gasteiger partial charge in [-0.3, -0.25) is 10.1 Å². The molecular weight excluding hydrogens is 544 g/mol. The van der Waals surface area contributed by atoms with Gasteiger partial charge >= 0.3 is 12.1 Å². The van der Waals surface area contributed by atoms with Crippen molar-refractivity contribution in [3.8, 4) is 21.0 Å². The van der Waals surface area contributed by atoms with Crippen LogP contribution in [0.5, 0.6) is 0 Å². The van der Waals surface area contributed by atoms with Gasteiger partial charge in [0.25, 0.3) is 0 Å². The number of aromatic nitrogens is 3. The first kappa shape index (κ1) is 25.7. The molecular formula is C30H24N4O4S2. The molecule has 200 valence electrons. The third-order valence-corrected chi connectivity index (χ3v) is 9.00. The molecule has 2 N–H and O–H groups in total. The van der Waals surface area contributed by atoms with Crippen molar-refractivity contribution in [2.45, 2.75) is 19.4 Å². The second-order valence-electron chi connectivity index (χ2n) is 9.33. The summed E-state index contributed by atoms with van der Waals surface area (Å²) in [6.07, 6.45) is -1.01. The largest absolute Gasteiger partial charge is 0.481 e. The number of carbonyl (C=O) groups is 2. The molecule has 0 radical (unpaired) electrons. The Morgan fingerprint density at radius 2 is 1.62 bits per heavy atom. The first-order valence-electron chi connectivity index (χ1n) is 12.6. The molecule has 40 heavy (non-hydrogen) atoms. The summed E-state index contributed by atoms with van der Waals surface area (Å²) in [6, 6.07) is 25.6. The molecule has 3 heterocycles. The predicted octanol–water partition coefficient (Wildman–Crippen LogP) is 7.52. The van der Waals surface area contributed by atoms with E-state index in [1.165, 1.54) is 4.68 Å². The molecule has 6 aromatic rings. The van der Waals surface area contributed by atoms with E-state index in [0.717, 1.165) is 46.6 Å². The number of thiophene rings is 2. The maximum absolute atomic E-state index is 12.7. The molecule has 0 aliphatic heterocycles. The lowest BCUT2D eigenvalue weighted by atomic mass is 9.97. The van der Waals surface area contributed by atoms with Gasteiger partial charge in [-0.2, -0.15) is 0 Å². The minimum atomic E-state index is -0.848. The zero-order valence-electron chi connectivity index (χ0n) is 21.6. The highest BCUT2D eigenvalue weighted by Crippen LogP contribution is 2.44. The van der Waals surface area contributed by atoms with Gasteiger partial charge in [-0.15, -0.1) is 27.8 Å². The minimum absolute atomic E-state index is 0.0170. The van der Waals surface area contributed by atoms with Crippen LogP contribution in [0.25, 0.3) is 41.2 Å². The van der Waals surface area contributed by atoms with Gasteiger partial charge < -0.3 is 9.84 Å². The number of fused-ring (bicyclic) bond motifs is 2. The number of aliphatic carboxylic acids is 1. The predicted molar refractivity (Wildman–Crippen MR) is 159 cm³/mol. The Morgan fingerprint density at radius 1 is 0.950 bits per heavy atom. The Morgan fingerprint density at radius 3 is 2.38 bits per heavy atom. The molecule has 3 aromatic heterocycles. The van der Waals surface area contributed by atoms with Crippen molar-refractivity contribution >= 4 is 60.7 Å². The Labute approximate surface area is 237 Å². The first-order valence-corrected chi connectivity index (χ1v) is 14.2. The molecule has 6 rings (SSSR count). The zero-order chi connectivity index (χ0) is 27.8. The normalized spacial score (nSPS) is 12.1. The fourth-order valence-electron chi connectivity index (χ4n) is 4.72. The summed E-state index contributed by atoms with van der Waals surface area (Å²) in [5, 5.41) is 22.6. The first-order chi connectivity index (χ1) is 19.4. The van der Waals surface area contributed by atoms with E-state index in [1.807, 2.05) is 73.7 Å². The summed E-state index contributed by atoms with van der Waals surface area (Å²) in [4.78, 5) is 26.0. The molecule has 1 amide bonds. The molecule has 0 spiro atoms. The molecule has 0 bridgehead atoms. The van der Waals surface area contributed by atoms with Crippen molar-refractivity contribution in [3.63, 3.8) is 0 Å². The SMILES string of the molecule is C[C@@H](OC(=O)Nc1c(-c2cc3sc(-c4ccc(CC(=O)O)c5ccccc45)cc3s2)nnn1C)c1ccccc1. The van der Waals surface area contributed by atoms with E-state index in [9.17, 15) is 14.7 Å². The topological polar surface area (TPSA) is 106 Å². The van der Waals surface area contributed by atoms with Gasteiger partial charge in [0, 0.05) is 21.3 Å². The number of amides is 1. The van der Waals surface area contributed by atoms with Gasteiger partial charge in [-0.25, -0.2) is 9.48 Å². The fraction of sp³-hybridized carbons (Fsp3) is 0.133. The smallest absolute Gasteiger partial charge is 0.413 e. The molecule has 0 fully saturated rings. The number of nitrogens with one attached hydrogen (secondary N) is 1. The molecule has 0 aliphatic rings. The number of hydrogen-bond donors (Lipinski definition) is 2. The summed E-state index contributed by atoms with van der Waals surface area (Å²) in [5.41, 5.74) is 3.34. The standard InChI is InChI=1S/C30H24N4O4S2/c1-17(18-8-4-3-5-9-18)38-30(37)31-29-28(32-33-34(29)2)26-16-25-24(40-26)15-23(39-25)22-13-12-19(14-27(35)36)20-10-6-7-11-21(20)22/h3-13,15-17H,14H2,1-2H3,(H,31,37)(H,35,36)/t17-/m1/s1. The minimum Gasteiger partial charge on any atom is -0.481 e. The van der Waals surface area contributed by atoms with Crippen LogP contribution >= 0.6 is 22.7 Å². The molecule has 8 nitrogen and oxygen atoms in total. The van der Waals surface area contributed by atoms with Crippen LogP contribution in [-0.2, 0) is 23.0 Å². The highest BCUT2D eigenvalue weighted by Gasteiger charge is 2.21. The molecule has 1 atom stereocenters. The number of anilines is 1. The van der Waals surface area contributed by atoms with Crippen LogP contribution in [0.15, 0.2) is 78.9 Å². The quantitative estimate of drug-likeness (QED) is 0.206. The molecule has 0 saturated heterocycles. The van der Waals surface area contributed by atoms with Gasteiger partial charge in [-0.05, 0) is 46.5 Å². The van der Waals surface area contributed by atoms with Gasteiger partial charge in [0.2, 0.25) is 0 Å². The van der Waals surface area contributed by atoms with E-state index in [-0.39, 0.29) is 6.42 Å². The lowest BCUT2D eigenvalue weighted by molar-refractivity contribution is -0.136. The van der Waals surface area contributed by atoms with Crippen LogP contribution in [0.2, 0.25) is 0 Å². The average Bonchev–Trinajstić information content (AvgIpc) is 3.62. The maximum Gasteiger partial charge on any atom is 0.413 e. The highest BCUT2D eigenvalue weighted by atomic mass is 32.1. The monoisotopic (exact) mass is 568 g/mol. The highest BCUT2D eigenvalue weighted by molar-refractivity contribution is 7.31. The number of ether oxygens (including phenoxy) is 1. The Bertz CT molecular complexity index is 1840. The average molecular weight is 569 g/mol. The van der Waals surface area contributed by atoms with E-state index in [0.29, 0.717) is 11.5 Å². The maximum atomic E-state index is 12.7. The van der Waals surface area contributed by atoms with Gasteiger partial charge in [-0.1, -0.05) is 71.9 Å². The van der Waals surface area contributed by atoms with Gasteiger partial charge in [0.1, 0.15) is 11.8 Å². The number of carboxylic acid groups (broad SMARTS) is 1. The number of hydrogen-bond acceptors (Lipinski definition) is 7. The molecule has 0 aliphatic carbocycles. The van der Waals surface area contributed by atoms with E-state index in [2.05, 4.69) is 27.8 Å². The number of carbonyl (C=O) groups excluding carboxylic acids is 1. The van der Waals surface area contributed by atoms with Crippen molar-refractivity contribution in [2.75, 3.05) is 5.32 Å². The van der Waals surface area contributed by atoms with Crippen molar-refractivity contribution in [3.05, 3.63) is 90.0 Å². The van der Waals surface area contributed by atoms with Gasteiger partial charge in [0.05, 0.1) is 11.3 Å². The van der Waals surface area contributed by atoms with Crippen molar-refractivity contribution in [1.29, 1.82) is 0 Å². The number of nitrogens with zero attached hydrogens (tertiary/aromatic N) is 3. The lowest BCUT2D eigenvalue weighted by Gasteiger charge is -2.14. The van der Waals surface area contributed by atoms with Crippen LogP contribution < -0.4 is 5.32 Å². The summed E-state index contributed by atoms with van der Waals surface area (Å²) < 4.78 is 9.28. The summed E-state index contributed by atoms with van der Waals surface area (Å²) >= 11 is 3.23. The van der Waals surface area contributed by atoms with E-state index in [4.69, 9.17) is 4.74 Å². The molecule has 0 unspecified atom stereocenters. The third-order valence-electron chi connectivity index (χ3n) is 6.66. The summed E-state index contributed by atoms with van der Waals surface area (Å²) in [5.74, 6) is -0.390. The number of aryl methyl sites for hydroxylation is 1. The van der Waals surface area contributed by atoms with Crippen LogP contribution in [-0.4, -0.2) is 32.2 Å². The lowest BCUT2D eigenvalue weighted by Crippen LogP contribution is -2.18. The molecule has 10 heteroatoms. The van der Waals surface area contributed by atoms with Crippen LogP contribution in [0.3, 0.4) is 0 Å². The van der Waals surface area contributed by atoms with E-state index in [1.54, 1.807) is 29.7 Å². The van der Waals surface area contributed by atoms with Crippen molar-refractivity contribution < 1.29 is 19.4 Å². The molecule has 3 aromatic carbocycles. The van der Waals surface area contributed by atoms with Crippen LogP contribution in [0, 0.1) is 0 Å². The second kappa shape index (κ2) is 10.6. The van der Waals surface area contributed by atoms with Crippen molar-refractivity contribution in [1.82, 2.24) is 15.0 Å². The fourth-order valence-corrected chi connectivity index (χ4v) is 7.14. The van der Waals surface area contributed by atoms with Gasteiger partial charge in [0.15, 0.2) is 5.82 Å². The second-order valence-corrected chi connectivity index (χ2v) is 11.5. The summed E-state index contributed by atoms with van der Waals surface area (Å²) in [7, 11) is 1.72. The summed E-state index contributed by atoms with van der Waals surface area (Å²) in [6.45, 7) is 1.82. The van der Waals surface area contributed by atoms with E-state index >= 15 is 0 Å². The zero-order valence-corrected chi connectivity index (χ0v) is 23.3. The number of rotatable bonds is 7. The third kappa shape index (κ3) is 4.94. The number of carboxylic acids is 1. The van der Waals surface area contributed by atoms with E-state index < -0.39 is 18.2 Å². The Hall–Kier alpha value is -4.54. The Kier molecular flexibility index (Phi) is 6.79. The van der Waals surface area contributed by atoms with Crippen LogP contribution in [0.4, 0.5) is 10.6 Å². The van der Waals surface area contributed by atoms with Crippen molar-refractivity contribution in [2.24, 2.45) is 7.05 Å². The number of benzene rings is 3. The Balaban J connectivity index is 1.27. The molecule has 0 saturated carbocycles. The van der Waals surface area contributed by atoms with Crippen LogP contribution in [0.1, 0.15) is 24.2 Å².